The Kier molecular flexibility index (Phi) is 4.80. The SMILES string of the molecule is CCCc1ccc(C(NCC)c2ccc(C)o2)cc1. The topological polar surface area (TPSA) is 25.2 Å². The molecule has 0 saturated carbocycles. The van der Waals surface area contributed by atoms with Crippen molar-refractivity contribution in [1.29, 1.82) is 0 Å². The highest BCUT2D eigenvalue weighted by molar-refractivity contribution is 5.30. The molecular weight excluding hydrogens is 234 g/mol. The van der Waals surface area contributed by atoms with Crippen LogP contribution in [-0.2, 0) is 6.42 Å². The molecule has 0 bridgehead atoms. The maximum absolute atomic E-state index is 5.77. The van der Waals surface area contributed by atoms with Crippen LogP contribution in [0.15, 0.2) is 40.8 Å². The summed E-state index contributed by atoms with van der Waals surface area (Å²) in [7, 11) is 0. The molecule has 0 saturated heterocycles. The summed E-state index contributed by atoms with van der Waals surface area (Å²) in [5.41, 5.74) is 2.66. The van der Waals surface area contributed by atoms with E-state index in [0.29, 0.717) is 0 Å². The number of rotatable bonds is 6. The molecule has 2 heteroatoms. The number of furan rings is 1. The second kappa shape index (κ2) is 6.58. The van der Waals surface area contributed by atoms with Gasteiger partial charge < -0.3 is 9.73 Å². The first-order valence-corrected chi connectivity index (χ1v) is 7.13. The fourth-order valence-electron chi connectivity index (χ4n) is 2.36. The van der Waals surface area contributed by atoms with Gasteiger partial charge in [0.1, 0.15) is 11.5 Å². The van der Waals surface area contributed by atoms with Gasteiger partial charge in [-0.25, -0.2) is 0 Å². The van der Waals surface area contributed by atoms with Gasteiger partial charge in [0.05, 0.1) is 6.04 Å². The Morgan fingerprint density at radius 1 is 1.05 bits per heavy atom. The first-order valence-electron chi connectivity index (χ1n) is 7.13. The van der Waals surface area contributed by atoms with Gasteiger partial charge >= 0.3 is 0 Å². The van der Waals surface area contributed by atoms with Gasteiger partial charge in [0.15, 0.2) is 0 Å². The molecule has 2 nitrogen and oxygen atoms in total. The van der Waals surface area contributed by atoms with Crippen molar-refractivity contribution in [2.45, 2.75) is 39.7 Å². The average molecular weight is 257 g/mol. The minimum atomic E-state index is 0.148. The molecular formula is C17H23NO. The van der Waals surface area contributed by atoms with E-state index in [0.717, 1.165) is 24.5 Å². The number of aryl methyl sites for hydroxylation is 2. The molecule has 1 aromatic carbocycles. The second-order valence-electron chi connectivity index (χ2n) is 4.93. The van der Waals surface area contributed by atoms with Crippen molar-refractivity contribution in [3.05, 3.63) is 59.0 Å². The molecule has 0 radical (unpaired) electrons. The van der Waals surface area contributed by atoms with E-state index in [1.807, 2.05) is 13.0 Å². The van der Waals surface area contributed by atoms with Gasteiger partial charge in [-0.15, -0.1) is 0 Å². The highest BCUT2D eigenvalue weighted by atomic mass is 16.3. The fraction of sp³-hybridized carbons (Fsp3) is 0.412. The lowest BCUT2D eigenvalue weighted by Crippen LogP contribution is -2.21. The Morgan fingerprint density at radius 3 is 2.32 bits per heavy atom. The average Bonchev–Trinajstić information content (AvgIpc) is 2.84. The zero-order chi connectivity index (χ0) is 13.7. The monoisotopic (exact) mass is 257 g/mol. The minimum absolute atomic E-state index is 0.148. The van der Waals surface area contributed by atoms with E-state index in [2.05, 4.69) is 49.5 Å². The fourth-order valence-corrected chi connectivity index (χ4v) is 2.36. The van der Waals surface area contributed by atoms with Gasteiger partial charge in [0, 0.05) is 0 Å². The van der Waals surface area contributed by atoms with Crippen LogP contribution in [0.25, 0.3) is 0 Å². The molecule has 0 aliphatic rings. The van der Waals surface area contributed by atoms with Gasteiger partial charge in [-0.3, -0.25) is 0 Å². The molecule has 2 rings (SSSR count). The summed E-state index contributed by atoms with van der Waals surface area (Å²) < 4.78 is 5.77. The van der Waals surface area contributed by atoms with E-state index in [4.69, 9.17) is 4.42 Å². The Labute approximate surface area is 115 Å². The Hall–Kier alpha value is -1.54. The second-order valence-corrected chi connectivity index (χ2v) is 4.93. The van der Waals surface area contributed by atoms with Gasteiger partial charge in [0.2, 0.25) is 0 Å². The molecule has 1 aromatic heterocycles. The quantitative estimate of drug-likeness (QED) is 0.837. The van der Waals surface area contributed by atoms with Crippen LogP contribution in [0.3, 0.4) is 0 Å². The van der Waals surface area contributed by atoms with E-state index in [1.54, 1.807) is 0 Å². The summed E-state index contributed by atoms with van der Waals surface area (Å²) in [4.78, 5) is 0. The van der Waals surface area contributed by atoms with Crippen molar-refractivity contribution >= 4 is 0 Å². The number of hydrogen-bond donors (Lipinski definition) is 1. The molecule has 1 atom stereocenters. The predicted octanol–water partition coefficient (Wildman–Crippen LogP) is 4.24. The maximum Gasteiger partial charge on any atom is 0.125 e. The molecule has 102 valence electrons. The third-order valence-electron chi connectivity index (χ3n) is 3.31. The summed E-state index contributed by atoms with van der Waals surface area (Å²) in [6.45, 7) is 7.23. The zero-order valence-corrected chi connectivity index (χ0v) is 12.1. The molecule has 0 spiro atoms. The van der Waals surface area contributed by atoms with E-state index < -0.39 is 0 Å². The van der Waals surface area contributed by atoms with E-state index in [1.165, 1.54) is 17.5 Å². The van der Waals surface area contributed by atoms with Crippen LogP contribution in [0.5, 0.6) is 0 Å². The Balaban J connectivity index is 2.23. The summed E-state index contributed by atoms with van der Waals surface area (Å²) in [5, 5.41) is 3.49. The molecule has 1 unspecified atom stereocenters. The summed E-state index contributed by atoms with van der Waals surface area (Å²) >= 11 is 0. The van der Waals surface area contributed by atoms with Crippen LogP contribution in [-0.4, -0.2) is 6.54 Å². The Morgan fingerprint density at radius 2 is 1.79 bits per heavy atom. The third-order valence-corrected chi connectivity index (χ3v) is 3.31. The van der Waals surface area contributed by atoms with Crippen LogP contribution in [0, 0.1) is 6.92 Å². The van der Waals surface area contributed by atoms with Crippen LogP contribution in [0.2, 0.25) is 0 Å². The van der Waals surface area contributed by atoms with Crippen LogP contribution in [0.4, 0.5) is 0 Å². The lowest BCUT2D eigenvalue weighted by Gasteiger charge is -2.16. The van der Waals surface area contributed by atoms with Crippen molar-refractivity contribution in [1.82, 2.24) is 5.32 Å². The van der Waals surface area contributed by atoms with Crippen molar-refractivity contribution in [3.8, 4) is 0 Å². The number of nitrogens with one attached hydrogen (secondary N) is 1. The van der Waals surface area contributed by atoms with Gasteiger partial charge in [-0.05, 0) is 43.1 Å². The molecule has 0 aliphatic carbocycles. The molecule has 2 aromatic rings. The summed E-state index contributed by atoms with van der Waals surface area (Å²) in [6, 6.07) is 13.1. The molecule has 1 heterocycles. The van der Waals surface area contributed by atoms with Gasteiger partial charge in [-0.1, -0.05) is 44.5 Å². The first kappa shape index (κ1) is 13.9. The smallest absolute Gasteiger partial charge is 0.125 e. The molecule has 0 aliphatic heterocycles. The largest absolute Gasteiger partial charge is 0.464 e. The van der Waals surface area contributed by atoms with Gasteiger partial charge in [-0.2, -0.15) is 0 Å². The van der Waals surface area contributed by atoms with Crippen molar-refractivity contribution in [2.75, 3.05) is 6.54 Å². The summed E-state index contributed by atoms with van der Waals surface area (Å²) in [6.07, 6.45) is 2.33. The molecule has 0 fully saturated rings. The minimum Gasteiger partial charge on any atom is -0.464 e. The highest BCUT2D eigenvalue weighted by Crippen LogP contribution is 2.24. The highest BCUT2D eigenvalue weighted by Gasteiger charge is 2.16. The maximum atomic E-state index is 5.77. The normalized spacial score (nSPS) is 12.6. The van der Waals surface area contributed by atoms with E-state index >= 15 is 0 Å². The lowest BCUT2D eigenvalue weighted by molar-refractivity contribution is 0.435. The standard InChI is InChI=1S/C17H23NO/c1-4-6-14-8-10-15(11-9-14)17(18-5-2)16-12-7-13(3)19-16/h7-12,17-18H,4-6H2,1-3H3. The first-order chi connectivity index (χ1) is 9.24. The number of hydrogen-bond acceptors (Lipinski definition) is 2. The molecule has 0 amide bonds. The zero-order valence-electron chi connectivity index (χ0n) is 12.1. The Bertz CT molecular complexity index is 498. The molecule has 19 heavy (non-hydrogen) atoms. The van der Waals surface area contributed by atoms with E-state index in [-0.39, 0.29) is 6.04 Å². The van der Waals surface area contributed by atoms with Crippen molar-refractivity contribution < 1.29 is 4.42 Å². The van der Waals surface area contributed by atoms with Crippen molar-refractivity contribution in [2.24, 2.45) is 0 Å². The molecule has 1 N–H and O–H groups in total. The van der Waals surface area contributed by atoms with Crippen LogP contribution in [0.1, 0.15) is 49.0 Å². The number of benzene rings is 1. The predicted molar refractivity (Wildman–Crippen MR) is 79.4 cm³/mol. The van der Waals surface area contributed by atoms with E-state index in [9.17, 15) is 0 Å². The lowest BCUT2D eigenvalue weighted by atomic mass is 10.0. The van der Waals surface area contributed by atoms with Crippen molar-refractivity contribution in [3.63, 3.8) is 0 Å². The summed E-state index contributed by atoms with van der Waals surface area (Å²) in [5.74, 6) is 1.95. The van der Waals surface area contributed by atoms with Gasteiger partial charge in [0.25, 0.3) is 0 Å². The third kappa shape index (κ3) is 3.48. The van der Waals surface area contributed by atoms with Crippen LogP contribution >= 0.6 is 0 Å². The van der Waals surface area contributed by atoms with Crippen LogP contribution < -0.4 is 5.32 Å².